The highest BCUT2D eigenvalue weighted by molar-refractivity contribution is 7.99. The third-order valence-corrected chi connectivity index (χ3v) is 5.80. The molecule has 5 heteroatoms. The van der Waals surface area contributed by atoms with Gasteiger partial charge in [0.05, 0.1) is 7.11 Å². The number of urea groups is 1. The van der Waals surface area contributed by atoms with Crippen molar-refractivity contribution >= 4 is 23.5 Å². The highest BCUT2D eigenvalue weighted by Gasteiger charge is 2.23. The number of carbonyl (C=O) groups excluding carboxylic acids is 1. The van der Waals surface area contributed by atoms with Gasteiger partial charge in [0.2, 0.25) is 0 Å². The van der Waals surface area contributed by atoms with E-state index in [9.17, 15) is 4.79 Å². The molecule has 1 heterocycles. The normalized spacial score (nSPS) is 17.7. The molecule has 2 aromatic rings. The van der Waals surface area contributed by atoms with Gasteiger partial charge in [-0.15, -0.1) is 0 Å². The molecule has 0 saturated carbocycles. The number of nitrogens with zero attached hydrogens (tertiary/aromatic N) is 1. The lowest BCUT2D eigenvalue weighted by atomic mass is 10.0. The number of methoxy groups -OCH3 is 1. The van der Waals surface area contributed by atoms with Gasteiger partial charge in [-0.3, -0.25) is 0 Å². The highest BCUT2D eigenvalue weighted by Crippen LogP contribution is 2.36. The van der Waals surface area contributed by atoms with Crippen molar-refractivity contribution in [2.45, 2.75) is 18.6 Å². The van der Waals surface area contributed by atoms with Gasteiger partial charge in [0.15, 0.2) is 0 Å². The lowest BCUT2D eigenvalue weighted by Gasteiger charge is -2.21. The Bertz CT molecular complexity index is 735. The Morgan fingerprint density at radius 3 is 2.84 bits per heavy atom. The smallest absolute Gasteiger partial charge is 0.321 e. The standard InChI is InChI=1S/C20H24N2O2S/c1-15-6-3-4-9-18(15)19-10-11-22(12-13-25-19)20(23)21-16-7-5-8-17(14-16)24-2/h3-9,14,19H,10-13H2,1-2H3,(H,21,23). The van der Waals surface area contributed by atoms with Crippen molar-refractivity contribution in [3.8, 4) is 5.75 Å². The van der Waals surface area contributed by atoms with Crippen LogP contribution in [-0.4, -0.2) is 36.9 Å². The van der Waals surface area contributed by atoms with E-state index in [1.807, 2.05) is 40.9 Å². The molecular formula is C20H24N2O2S. The van der Waals surface area contributed by atoms with Crippen molar-refractivity contribution in [2.24, 2.45) is 0 Å². The minimum Gasteiger partial charge on any atom is -0.497 e. The van der Waals surface area contributed by atoms with Crippen LogP contribution in [0.4, 0.5) is 10.5 Å². The third kappa shape index (κ3) is 4.48. The van der Waals surface area contributed by atoms with Crippen LogP contribution in [0.3, 0.4) is 0 Å². The van der Waals surface area contributed by atoms with Gasteiger partial charge in [-0.1, -0.05) is 30.3 Å². The SMILES string of the molecule is COc1cccc(NC(=O)N2CCSC(c3ccccc3C)CC2)c1. The monoisotopic (exact) mass is 356 g/mol. The third-order valence-electron chi connectivity index (χ3n) is 4.49. The van der Waals surface area contributed by atoms with E-state index in [2.05, 4.69) is 36.5 Å². The summed E-state index contributed by atoms with van der Waals surface area (Å²) in [5.74, 6) is 1.69. The molecule has 132 valence electrons. The Labute approximate surface area is 153 Å². The minimum absolute atomic E-state index is 0.0423. The van der Waals surface area contributed by atoms with Gasteiger partial charge in [-0.05, 0) is 36.6 Å². The zero-order valence-corrected chi connectivity index (χ0v) is 15.5. The van der Waals surface area contributed by atoms with Crippen LogP contribution in [0, 0.1) is 6.92 Å². The molecule has 1 aliphatic heterocycles. The lowest BCUT2D eigenvalue weighted by Crippen LogP contribution is -2.36. The van der Waals surface area contributed by atoms with Gasteiger partial charge in [-0.2, -0.15) is 11.8 Å². The van der Waals surface area contributed by atoms with Crippen LogP contribution in [0.5, 0.6) is 5.75 Å². The van der Waals surface area contributed by atoms with Crippen LogP contribution in [0.25, 0.3) is 0 Å². The second kappa shape index (κ2) is 8.30. The predicted octanol–water partition coefficient (Wildman–Crippen LogP) is 4.72. The molecule has 0 spiro atoms. The molecule has 1 saturated heterocycles. The van der Waals surface area contributed by atoms with Crippen LogP contribution in [0.2, 0.25) is 0 Å². The van der Waals surface area contributed by atoms with Gasteiger partial charge in [0.1, 0.15) is 5.75 Å². The molecule has 2 amide bonds. The fourth-order valence-corrected chi connectivity index (χ4v) is 4.40. The van der Waals surface area contributed by atoms with Gasteiger partial charge in [-0.25, -0.2) is 4.79 Å². The highest BCUT2D eigenvalue weighted by atomic mass is 32.2. The number of benzene rings is 2. The molecule has 2 aromatic carbocycles. The second-order valence-corrected chi connectivity index (χ2v) is 7.46. The molecule has 1 atom stereocenters. The fraction of sp³-hybridized carbons (Fsp3) is 0.350. The Kier molecular flexibility index (Phi) is 5.87. The van der Waals surface area contributed by atoms with Crippen LogP contribution >= 0.6 is 11.8 Å². The molecule has 1 fully saturated rings. The van der Waals surface area contributed by atoms with E-state index in [0.717, 1.165) is 36.7 Å². The molecule has 0 bridgehead atoms. The lowest BCUT2D eigenvalue weighted by molar-refractivity contribution is 0.215. The summed E-state index contributed by atoms with van der Waals surface area (Å²) in [7, 11) is 1.62. The Morgan fingerprint density at radius 1 is 1.20 bits per heavy atom. The van der Waals surface area contributed by atoms with Crippen molar-refractivity contribution < 1.29 is 9.53 Å². The molecule has 0 radical (unpaired) electrons. The minimum atomic E-state index is -0.0423. The molecule has 1 aliphatic rings. The molecule has 3 rings (SSSR count). The largest absolute Gasteiger partial charge is 0.497 e. The molecule has 4 nitrogen and oxygen atoms in total. The fourth-order valence-electron chi connectivity index (χ4n) is 3.07. The summed E-state index contributed by atoms with van der Waals surface area (Å²) in [6, 6.07) is 16.0. The van der Waals surface area contributed by atoms with E-state index >= 15 is 0 Å². The number of rotatable bonds is 3. The van der Waals surface area contributed by atoms with Crippen LogP contribution in [0.1, 0.15) is 22.8 Å². The van der Waals surface area contributed by atoms with Crippen molar-refractivity contribution in [2.75, 3.05) is 31.3 Å². The molecule has 0 aromatic heterocycles. The number of hydrogen-bond acceptors (Lipinski definition) is 3. The Hall–Kier alpha value is -2.14. The summed E-state index contributed by atoms with van der Waals surface area (Å²) in [6.07, 6.45) is 0.973. The van der Waals surface area contributed by atoms with Crippen molar-refractivity contribution in [3.05, 3.63) is 59.7 Å². The second-order valence-electron chi connectivity index (χ2n) is 6.15. The Balaban J connectivity index is 1.62. The summed E-state index contributed by atoms with van der Waals surface area (Å²) < 4.78 is 5.21. The summed E-state index contributed by atoms with van der Waals surface area (Å²) in [4.78, 5) is 14.5. The molecule has 1 unspecified atom stereocenters. The van der Waals surface area contributed by atoms with E-state index < -0.39 is 0 Å². The first-order chi connectivity index (χ1) is 12.2. The van der Waals surface area contributed by atoms with E-state index in [4.69, 9.17) is 4.74 Å². The van der Waals surface area contributed by atoms with E-state index in [1.54, 1.807) is 7.11 Å². The molecule has 1 N–H and O–H groups in total. The number of amides is 2. The zero-order valence-electron chi connectivity index (χ0n) is 14.7. The maximum Gasteiger partial charge on any atom is 0.321 e. The van der Waals surface area contributed by atoms with Crippen LogP contribution in [0.15, 0.2) is 48.5 Å². The number of carbonyl (C=O) groups is 1. The molecular weight excluding hydrogens is 332 g/mol. The van der Waals surface area contributed by atoms with Gasteiger partial charge < -0.3 is 15.0 Å². The Morgan fingerprint density at radius 2 is 2.04 bits per heavy atom. The number of anilines is 1. The number of aryl methyl sites for hydroxylation is 1. The first kappa shape index (κ1) is 17.7. The summed E-state index contributed by atoms with van der Waals surface area (Å²) >= 11 is 1.94. The van der Waals surface area contributed by atoms with Gasteiger partial charge in [0.25, 0.3) is 0 Å². The van der Waals surface area contributed by atoms with Crippen molar-refractivity contribution in [3.63, 3.8) is 0 Å². The van der Waals surface area contributed by atoms with E-state index in [-0.39, 0.29) is 6.03 Å². The topological polar surface area (TPSA) is 41.6 Å². The van der Waals surface area contributed by atoms with Gasteiger partial charge >= 0.3 is 6.03 Å². The first-order valence-corrected chi connectivity index (χ1v) is 9.59. The van der Waals surface area contributed by atoms with Crippen molar-refractivity contribution in [1.29, 1.82) is 0 Å². The predicted molar refractivity (Wildman–Crippen MR) is 105 cm³/mol. The summed E-state index contributed by atoms with van der Waals surface area (Å²) in [5, 5.41) is 3.43. The van der Waals surface area contributed by atoms with Gasteiger partial charge in [0, 0.05) is 35.8 Å². The number of ether oxygens (including phenoxy) is 1. The summed E-state index contributed by atoms with van der Waals surface area (Å²) in [5.41, 5.74) is 3.48. The molecule has 25 heavy (non-hydrogen) atoms. The zero-order chi connectivity index (χ0) is 17.6. The first-order valence-electron chi connectivity index (χ1n) is 8.54. The average Bonchev–Trinajstić information content (AvgIpc) is 2.88. The number of thioether (sulfide) groups is 1. The maximum atomic E-state index is 12.6. The van der Waals surface area contributed by atoms with Crippen LogP contribution in [-0.2, 0) is 0 Å². The quantitative estimate of drug-likeness (QED) is 0.865. The summed E-state index contributed by atoms with van der Waals surface area (Å²) in [6.45, 7) is 3.69. The number of hydrogen-bond donors (Lipinski definition) is 1. The molecule has 0 aliphatic carbocycles. The van der Waals surface area contributed by atoms with E-state index in [0.29, 0.717) is 5.25 Å². The number of nitrogens with one attached hydrogen (secondary N) is 1. The average molecular weight is 356 g/mol. The maximum absolute atomic E-state index is 12.6. The van der Waals surface area contributed by atoms with Crippen molar-refractivity contribution in [1.82, 2.24) is 4.90 Å². The van der Waals surface area contributed by atoms with Crippen LogP contribution < -0.4 is 10.1 Å². The van der Waals surface area contributed by atoms with E-state index in [1.165, 1.54) is 11.1 Å².